The Bertz CT molecular complexity index is 1100. The molecule has 2 N–H and O–H groups in total. The van der Waals surface area contributed by atoms with Gasteiger partial charge in [-0.15, -0.1) is 22.7 Å². The molecule has 9 heteroatoms. The van der Waals surface area contributed by atoms with Crippen LogP contribution in [0.1, 0.15) is 31.8 Å². The minimum absolute atomic E-state index is 0.0568. The van der Waals surface area contributed by atoms with Crippen molar-refractivity contribution in [3.05, 3.63) is 61.1 Å². The van der Waals surface area contributed by atoms with Crippen LogP contribution >= 0.6 is 45.9 Å². The van der Waals surface area contributed by atoms with Crippen LogP contribution in [0, 0.1) is 0 Å². The zero-order valence-electron chi connectivity index (χ0n) is 14.4. The number of benzene rings is 1. The van der Waals surface area contributed by atoms with E-state index in [9.17, 15) is 14.7 Å². The van der Waals surface area contributed by atoms with Crippen LogP contribution in [0.3, 0.4) is 0 Å². The highest BCUT2D eigenvalue weighted by Crippen LogP contribution is 2.40. The van der Waals surface area contributed by atoms with Crippen LogP contribution in [0.15, 0.2) is 40.7 Å². The van der Waals surface area contributed by atoms with Crippen molar-refractivity contribution < 1.29 is 19.8 Å². The molecule has 0 saturated heterocycles. The van der Waals surface area contributed by atoms with Crippen LogP contribution < -0.4 is 0 Å². The number of thiophene rings is 2. The highest BCUT2D eigenvalue weighted by molar-refractivity contribution is 7.16. The molecular weight excluding hydrogens is 441 g/mol. The van der Waals surface area contributed by atoms with Gasteiger partial charge in [-0.25, -0.2) is 4.79 Å². The summed E-state index contributed by atoms with van der Waals surface area (Å²) < 4.78 is 0. The molecule has 0 aliphatic rings. The number of Topliss-reactive ketones (excluding diaryl/α,β-unsaturated/α-hetero) is 1. The van der Waals surface area contributed by atoms with Gasteiger partial charge in [0.15, 0.2) is 5.78 Å². The van der Waals surface area contributed by atoms with Gasteiger partial charge in [0, 0.05) is 16.7 Å². The van der Waals surface area contributed by atoms with Crippen LogP contribution in [0.4, 0.5) is 0 Å². The molecule has 2 heterocycles. The molecule has 0 aliphatic carbocycles. The zero-order valence-corrected chi connectivity index (χ0v) is 17.5. The number of carboxylic acids is 1. The average molecular weight is 454 g/mol. The summed E-state index contributed by atoms with van der Waals surface area (Å²) in [5.74, 6) is -1.29. The fourth-order valence-corrected chi connectivity index (χ4v) is 4.48. The van der Waals surface area contributed by atoms with Crippen LogP contribution in [0.25, 0.3) is 10.4 Å². The molecule has 0 spiro atoms. The Morgan fingerprint density at radius 3 is 2.46 bits per heavy atom. The van der Waals surface area contributed by atoms with E-state index in [0.717, 1.165) is 16.9 Å². The molecule has 3 rings (SSSR count). The minimum Gasteiger partial charge on any atom is -0.506 e. The SMILES string of the molecule is CC(=NCC(=O)c1ccc(C(=O)O)s1)c1csc(-c2ccc(Cl)c(Cl)c2)c1O. The molecule has 3 aromatic rings. The quantitative estimate of drug-likeness (QED) is 0.360. The predicted molar refractivity (Wildman–Crippen MR) is 114 cm³/mol. The Hall–Kier alpha value is -2.19. The van der Waals surface area contributed by atoms with Gasteiger partial charge in [0.2, 0.25) is 0 Å². The number of carboxylic acid groups (broad SMARTS) is 1. The van der Waals surface area contributed by atoms with Gasteiger partial charge in [0.1, 0.15) is 17.2 Å². The lowest BCUT2D eigenvalue weighted by Crippen LogP contribution is -2.04. The van der Waals surface area contributed by atoms with Crippen molar-refractivity contribution in [1.29, 1.82) is 0 Å². The van der Waals surface area contributed by atoms with Crippen LogP contribution in [0.5, 0.6) is 5.75 Å². The Morgan fingerprint density at radius 2 is 1.82 bits per heavy atom. The van der Waals surface area contributed by atoms with E-state index in [4.69, 9.17) is 28.3 Å². The third kappa shape index (κ3) is 4.28. The van der Waals surface area contributed by atoms with Crippen molar-refractivity contribution in [2.75, 3.05) is 6.54 Å². The molecule has 0 amide bonds. The smallest absolute Gasteiger partial charge is 0.345 e. The number of aromatic hydroxyl groups is 1. The number of hydrogen-bond donors (Lipinski definition) is 2. The van der Waals surface area contributed by atoms with E-state index in [1.165, 1.54) is 23.5 Å². The molecule has 28 heavy (non-hydrogen) atoms. The first-order chi connectivity index (χ1) is 13.3. The first-order valence-corrected chi connectivity index (χ1v) is 10.4. The lowest BCUT2D eigenvalue weighted by atomic mass is 10.1. The van der Waals surface area contributed by atoms with Crippen LogP contribution in [0.2, 0.25) is 10.0 Å². The summed E-state index contributed by atoms with van der Waals surface area (Å²) in [6, 6.07) is 7.96. The van der Waals surface area contributed by atoms with E-state index in [1.807, 2.05) is 0 Å². The lowest BCUT2D eigenvalue weighted by Gasteiger charge is -2.03. The topological polar surface area (TPSA) is 87.0 Å². The van der Waals surface area contributed by atoms with Gasteiger partial charge in [-0.3, -0.25) is 9.79 Å². The molecule has 0 saturated carbocycles. The fraction of sp³-hybridized carbons (Fsp3) is 0.105. The van der Waals surface area contributed by atoms with Gasteiger partial charge in [0.05, 0.1) is 19.8 Å². The van der Waals surface area contributed by atoms with E-state index in [0.29, 0.717) is 31.1 Å². The number of carbonyl (C=O) groups is 2. The number of hydrogen-bond acceptors (Lipinski definition) is 6. The third-order valence-corrected chi connectivity index (χ3v) is 6.76. The Labute approximate surface area is 178 Å². The summed E-state index contributed by atoms with van der Waals surface area (Å²) in [6.07, 6.45) is 0. The van der Waals surface area contributed by atoms with Gasteiger partial charge in [-0.1, -0.05) is 29.3 Å². The number of carbonyl (C=O) groups excluding carboxylic acids is 1. The summed E-state index contributed by atoms with van der Waals surface area (Å²) in [4.78, 5) is 28.4. The third-order valence-electron chi connectivity index (χ3n) is 3.89. The molecule has 2 aromatic heterocycles. The first-order valence-electron chi connectivity index (χ1n) is 7.91. The maximum absolute atomic E-state index is 12.2. The Kier molecular flexibility index (Phi) is 6.20. The second-order valence-corrected chi connectivity index (χ2v) is 8.53. The van der Waals surface area contributed by atoms with E-state index in [1.54, 1.807) is 30.5 Å². The summed E-state index contributed by atoms with van der Waals surface area (Å²) >= 11 is 14.2. The maximum Gasteiger partial charge on any atom is 0.345 e. The molecule has 0 bridgehead atoms. The number of aliphatic imine (C=N–C) groups is 1. The summed E-state index contributed by atoms with van der Waals surface area (Å²) in [5, 5.41) is 22.1. The van der Waals surface area contributed by atoms with Crippen LogP contribution in [-0.2, 0) is 0 Å². The summed E-state index contributed by atoms with van der Waals surface area (Å²) in [5.41, 5.74) is 1.76. The molecule has 0 aliphatic heterocycles. The van der Waals surface area contributed by atoms with Crippen molar-refractivity contribution in [2.24, 2.45) is 4.99 Å². The molecule has 0 radical (unpaired) electrons. The second-order valence-electron chi connectivity index (χ2n) is 5.75. The first kappa shape index (κ1) is 20.5. The van der Waals surface area contributed by atoms with Crippen molar-refractivity contribution in [3.8, 4) is 16.2 Å². The summed E-state index contributed by atoms with van der Waals surface area (Å²) in [6.45, 7) is 1.56. The Morgan fingerprint density at radius 1 is 1.11 bits per heavy atom. The van der Waals surface area contributed by atoms with E-state index in [-0.39, 0.29) is 23.0 Å². The maximum atomic E-state index is 12.2. The lowest BCUT2D eigenvalue weighted by molar-refractivity contribution is 0.0702. The average Bonchev–Trinajstić information content (AvgIpc) is 3.29. The normalized spacial score (nSPS) is 11.6. The molecular formula is C19H13Cl2NO4S2. The van der Waals surface area contributed by atoms with Gasteiger partial charge >= 0.3 is 5.97 Å². The van der Waals surface area contributed by atoms with Crippen molar-refractivity contribution >= 4 is 63.3 Å². The van der Waals surface area contributed by atoms with Crippen LogP contribution in [-0.4, -0.2) is 34.2 Å². The number of nitrogens with zero attached hydrogens (tertiary/aromatic N) is 1. The molecule has 0 unspecified atom stereocenters. The van der Waals surface area contributed by atoms with Crippen molar-refractivity contribution in [2.45, 2.75) is 6.92 Å². The Balaban J connectivity index is 1.79. The van der Waals surface area contributed by atoms with Gasteiger partial charge in [-0.2, -0.15) is 0 Å². The molecule has 0 fully saturated rings. The summed E-state index contributed by atoms with van der Waals surface area (Å²) in [7, 11) is 0. The van der Waals surface area contributed by atoms with Gasteiger partial charge < -0.3 is 10.2 Å². The van der Waals surface area contributed by atoms with E-state index < -0.39 is 5.97 Å². The number of aromatic carboxylic acids is 1. The number of ketones is 1. The highest BCUT2D eigenvalue weighted by Gasteiger charge is 2.17. The number of rotatable bonds is 6. The molecule has 144 valence electrons. The van der Waals surface area contributed by atoms with Crippen molar-refractivity contribution in [1.82, 2.24) is 0 Å². The van der Waals surface area contributed by atoms with E-state index >= 15 is 0 Å². The minimum atomic E-state index is -1.07. The fourth-order valence-electron chi connectivity index (χ4n) is 2.41. The number of halogens is 2. The second kappa shape index (κ2) is 8.45. The van der Waals surface area contributed by atoms with Gasteiger partial charge in [0.25, 0.3) is 0 Å². The van der Waals surface area contributed by atoms with E-state index in [2.05, 4.69) is 4.99 Å². The zero-order chi connectivity index (χ0) is 20.4. The van der Waals surface area contributed by atoms with Crippen molar-refractivity contribution in [3.63, 3.8) is 0 Å². The largest absolute Gasteiger partial charge is 0.506 e. The molecule has 5 nitrogen and oxygen atoms in total. The standard InChI is InChI=1S/C19H13Cl2NO4S2/c1-9(22-7-14(23)15-4-5-16(28-15)19(25)26)11-8-27-18(17(11)24)10-2-3-12(20)13(21)6-10/h2-6,8,24H,7H2,1H3,(H,25,26). The molecule has 0 atom stereocenters. The molecule has 1 aromatic carbocycles. The predicted octanol–water partition coefficient (Wildman–Crippen LogP) is 5.88. The monoisotopic (exact) mass is 453 g/mol. The highest BCUT2D eigenvalue weighted by atomic mass is 35.5. The van der Waals surface area contributed by atoms with Gasteiger partial charge in [-0.05, 0) is 36.8 Å².